The number of rotatable bonds is 7. The molecule has 2 saturated heterocycles. The number of likely N-dealkylation sites (tertiary alicyclic amines) is 2. The van der Waals surface area contributed by atoms with Gasteiger partial charge in [-0.25, -0.2) is 8.78 Å². The zero-order valence-corrected chi connectivity index (χ0v) is 18.2. The zero-order valence-electron chi connectivity index (χ0n) is 18.2. The second-order valence-corrected chi connectivity index (χ2v) is 9.14. The minimum Gasteiger partial charge on any atom is -0.387 e. The summed E-state index contributed by atoms with van der Waals surface area (Å²) in [5.41, 5.74) is 1.05. The number of benzene rings is 2. The van der Waals surface area contributed by atoms with Crippen LogP contribution in [-0.2, 0) is 4.79 Å². The Hall–Kier alpha value is -2.35. The van der Waals surface area contributed by atoms with Crippen LogP contribution in [0.5, 0.6) is 0 Å². The molecule has 32 heavy (non-hydrogen) atoms. The summed E-state index contributed by atoms with van der Waals surface area (Å²) in [6.45, 7) is 2.13. The molecule has 2 aromatic rings. The van der Waals surface area contributed by atoms with Gasteiger partial charge in [0.15, 0.2) is 0 Å². The second kappa shape index (κ2) is 9.65. The van der Waals surface area contributed by atoms with E-state index in [-0.39, 0.29) is 31.3 Å². The van der Waals surface area contributed by atoms with E-state index in [0.29, 0.717) is 39.1 Å². The van der Waals surface area contributed by atoms with Gasteiger partial charge < -0.3 is 10.4 Å². The van der Waals surface area contributed by atoms with E-state index in [2.05, 4.69) is 5.32 Å². The topological polar surface area (TPSA) is 55.8 Å². The molecule has 1 atom stereocenters. The average Bonchev–Trinajstić information content (AvgIpc) is 3.15. The van der Waals surface area contributed by atoms with Crippen LogP contribution in [0.4, 0.5) is 8.78 Å². The molecule has 2 aromatic carbocycles. The summed E-state index contributed by atoms with van der Waals surface area (Å²) >= 11 is 0. The molecule has 5 nitrogen and oxygen atoms in total. The van der Waals surface area contributed by atoms with Crippen molar-refractivity contribution in [1.82, 2.24) is 15.1 Å². The molecule has 0 aliphatic carbocycles. The number of hydrogen-bond acceptors (Lipinski definition) is 4. The van der Waals surface area contributed by atoms with E-state index < -0.39 is 11.5 Å². The standard InChI is InChI=1S/C25H31F2N3O2/c26-25(27)12-15-29(16-13-25)18-24(32)11-14-30(19-24)17-22(31)28-23(20-7-3-1-4-8-20)21-9-5-2-6-10-21/h1-10,23,32H,11-19H2,(H,28,31)/t24-/m1/s1. The molecule has 1 amide bonds. The molecule has 2 fully saturated rings. The summed E-state index contributed by atoms with van der Waals surface area (Å²) in [5.74, 6) is -2.70. The molecular weight excluding hydrogens is 412 g/mol. The number of alkyl halides is 2. The minimum absolute atomic E-state index is 0.107. The summed E-state index contributed by atoms with van der Waals surface area (Å²) in [5, 5.41) is 14.1. The van der Waals surface area contributed by atoms with Crippen molar-refractivity contribution < 1.29 is 18.7 Å². The van der Waals surface area contributed by atoms with Gasteiger partial charge in [-0.3, -0.25) is 14.6 Å². The van der Waals surface area contributed by atoms with E-state index in [1.807, 2.05) is 70.5 Å². The first-order valence-electron chi connectivity index (χ1n) is 11.3. The number of nitrogens with zero attached hydrogens (tertiary/aromatic N) is 2. The maximum absolute atomic E-state index is 13.4. The van der Waals surface area contributed by atoms with Crippen molar-refractivity contribution in [2.24, 2.45) is 0 Å². The maximum Gasteiger partial charge on any atom is 0.250 e. The Balaban J connectivity index is 1.33. The SMILES string of the molecule is O=C(CN1CC[C@@](O)(CN2CCC(F)(F)CC2)C1)NC(c1ccccc1)c1ccccc1. The highest BCUT2D eigenvalue weighted by Gasteiger charge is 2.41. The molecule has 2 aliphatic rings. The quantitative estimate of drug-likeness (QED) is 0.691. The summed E-state index contributed by atoms with van der Waals surface area (Å²) in [7, 11) is 0. The number of amides is 1. The number of piperidine rings is 1. The maximum atomic E-state index is 13.4. The molecule has 0 unspecified atom stereocenters. The second-order valence-electron chi connectivity index (χ2n) is 9.14. The van der Waals surface area contributed by atoms with Gasteiger partial charge in [-0.05, 0) is 17.5 Å². The minimum atomic E-state index is -2.59. The van der Waals surface area contributed by atoms with Gasteiger partial charge in [0, 0.05) is 45.6 Å². The van der Waals surface area contributed by atoms with Crippen LogP contribution >= 0.6 is 0 Å². The van der Waals surface area contributed by atoms with E-state index in [0.717, 1.165) is 11.1 Å². The third-order valence-corrected chi connectivity index (χ3v) is 6.46. The van der Waals surface area contributed by atoms with Crippen molar-refractivity contribution in [3.05, 3.63) is 71.8 Å². The fourth-order valence-electron chi connectivity index (χ4n) is 4.72. The summed E-state index contributed by atoms with van der Waals surface area (Å²) in [4.78, 5) is 16.8. The van der Waals surface area contributed by atoms with Crippen molar-refractivity contribution in [3.63, 3.8) is 0 Å². The normalized spacial score (nSPS) is 24.0. The van der Waals surface area contributed by atoms with Crippen LogP contribution in [0.15, 0.2) is 60.7 Å². The molecule has 0 aromatic heterocycles. The van der Waals surface area contributed by atoms with Crippen LogP contribution in [0, 0.1) is 0 Å². The van der Waals surface area contributed by atoms with Gasteiger partial charge in [0.25, 0.3) is 5.92 Å². The first-order valence-corrected chi connectivity index (χ1v) is 11.3. The summed E-state index contributed by atoms with van der Waals surface area (Å²) in [6, 6.07) is 19.4. The van der Waals surface area contributed by atoms with Gasteiger partial charge in [0.1, 0.15) is 0 Å². The predicted octanol–water partition coefficient (Wildman–Crippen LogP) is 3.06. The summed E-state index contributed by atoms with van der Waals surface area (Å²) < 4.78 is 26.8. The zero-order chi connectivity index (χ0) is 22.6. The molecular formula is C25H31F2N3O2. The molecule has 0 radical (unpaired) electrons. The van der Waals surface area contributed by atoms with Crippen LogP contribution in [-0.4, -0.2) is 71.6 Å². The monoisotopic (exact) mass is 443 g/mol. The lowest BCUT2D eigenvalue weighted by molar-refractivity contribution is -0.122. The smallest absolute Gasteiger partial charge is 0.250 e. The lowest BCUT2D eigenvalue weighted by Gasteiger charge is -2.36. The van der Waals surface area contributed by atoms with E-state index >= 15 is 0 Å². The number of carbonyl (C=O) groups excluding carboxylic acids is 1. The Morgan fingerprint density at radius 1 is 0.906 bits per heavy atom. The number of hydrogen-bond donors (Lipinski definition) is 2. The Kier molecular flexibility index (Phi) is 6.88. The van der Waals surface area contributed by atoms with E-state index in [4.69, 9.17) is 0 Å². The molecule has 0 spiro atoms. The van der Waals surface area contributed by atoms with Gasteiger partial charge in [-0.2, -0.15) is 0 Å². The molecule has 0 saturated carbocycles. The first kappa shape index (κ1) is 22.8. The lowest BCUT2D eigenvalue weighted by atomic mass is 9.98. The fraction of sp³-hybridized carbons (Fsp3) is 0.480. The Bertz CT molecular complexity index is 847. The van der Waals surface area contributed by atoms with Crippen LogP contribution in [0.1, 0.15) is 36.4 Å². The number of halogens is 2. The largest absolute Gasteiger partial charge is 0.387 e. The highest BCUT2D eigenvalue weighted by molar-refractivity contribution is 5.79. The van der Waals surface area contributed by atoms with Crippen LogP contribution in [0.2, 0.25) is 0 Å². The lowest BCUT2D eigenvalue weighted by Crippen LogP contribution is -2.49. The first-order chi connectivity index (χ1) is 15.3. The van der Waals surface area contributed by atoms with Crippen molar-refractivity contribution in [3.8, 4) is 0 Å². The number of carbonyl (C=O) groups is 1. The average molecular weight is 444 g/mol. The van der Waals surface area contributed by atoms with Gasteiger partial charge in [0.2, 0.25) is 5.91 Å². The van der Waals surface area contributed by atoms with E-state index in [1.165, 1.54) is 0 Å². The van der Waals surface area contributed by atoms with Gasteiger partial charge >= 0.3 is 0 Å². The number of nitrogens with one attached hydrogen (secondary N) is 1. The molecule has 4 rings (SSSR count). The van der Waals surface area contributed by atoms with Crippen LogP contribution < -0.4 is 5.32 Å². The molecule has 2 aliphatic heterocycles. The highest BCUT2D eigenvalue weighted by Crippen LogP contribution is 2.30. The summed E-state index contributed by atoms with van der Waals surface area (Å²) in [6.07, 6.45) is 0.221. The third-order valence-electron chi connectivity index (χ3n) is 6.46. The molecule has 2 N–H and O–H groups in total. The number of aliphatic hydroxyl groups is 1. The van der Waals surface area contributed by atoms with Crippen LogP contribution in [0.3, 0.4) is 0 Å². The molecule has 2 heterocycles. The van der Waals surface area contributed by atoms with Gasteiger partial charge in [-0.1, -0.05) is 60.7 Å². The molecule has 0 bridgehead atoms. The van der Waals surface area contributed by atoms with Crippen molar-refractivity contribution >= 4 is 5.91 Å². The Labute approximate surface area is 188 Å². The van der Waals surface area contributed by atoms with E-state index in [1.54, 1.807) is 0 Å². The van der Waals surface area contributed by atoms with Gasteiger partial charge in [0.05, 0.1) is 18.2 Å². The Morgan fingerprint density at radius 3 is 2.00 bits per heavy atom. The Morgan fingerprint density at radius 2 is 1.44 bits per heavy atom. The van der Waals surface area contributed by atoms with E-state index in [9.17, 15) is 18.7 Å². The van der Waals surface area contributed by atoms with Crippen LogP contribution in [0.25, 0.3) is 0 Å². The fourth-order valence-corrected chi connectivity index (χ4v) is 4.72. The third kappa shape index (κ3) is 5.91. The highest BCUT2D eigenvalue weighted by atomic mass is 19.3. The molecule has 7 heteroatoms. The van der Waals surface area contributed by atoms with Crippen molar-refractivity contribution in [2.75, 3.05) is 39.3 Å². The van der Waals surface area contributed by atoms with Crippen molar-refractivity contribution in [2.45, 2.75) is 36.8 Å². The van der Waals surface area contributed by atoms with Crippen molar-refractivity contribution in [1.29, 1.82) is 0 Å². The number of β-amino-alcohol motifs (C(OH)–C–C–N with tert-alkyl or cyclic N) is 1. The molecule has 172 valence electrons. The van der Waals surface area contributed by atoms with Gasteiger partial charge in [-0.15, -0.1) is 0 Å². The predicted molar refractivity (Wildman–Crippen MR) is 119 cm³/mol.